The number of tetrazole rings is 1. The predicted octanol–water partition coefficient (Wildman–Crippen LogP) is 0.386. The number of aryl methyl sites for hydroxylation is 2. The van der Waals surface area contributed by atoms with Crippen molar-refractivity contribution >= 4 is 27.5 Å². The van der Waals surface area contributed by atoms with Crippen molar-refractivity contribution in [3.05, 3.63) is 22.5 Å². The van der Waals surface area contributed by atoms with Gasteiger partial charge in [-0.3, -0.25) is 9.48 Å². The Morgan fingerprint density at radius 3 is 3.11 bits per heavy atom. The zero-order valence-electron chi connectivity index (χ0n) is 10.3. The molecule has 8 nitrogen and oxygen atoms in total. The standard InChI is InChI=1S/C10H11N7OS/c1-5-6-3-7(19-10(6)17(2)14-5)9(18)11-4-8-12-15-16-13-8/h3H,4H2,1-2H3,(H,11,18)(H,12,13,15,16). The number of hydrogen-bond donors (Lipinski definition) is 2. The van der Waals surface area contributed by atoms with Crippen LogP contribution in [0.1, 0.15) is 21.2 Å². The molecule has 0 aliphatic heterocycles. The molecule has 3 heterocycles. The molecule has 0 fully saturated rings. The molecule has 0 radical (unpaired) electrons. The number of thiophene rings is 1. The van der Waals surface area contributed by atoms with Crippen LogP contribution in [-0.2, 0) is 13.6 Å². The Kier molecular flexibility index (Phi) is 2.75. The number of aromatic nitrogens is 6. The maximum absolute atomic E-state index is 12.0. The van der Waals surface area contributed by atoms with Crippen LogP contribution in [0.3, 0.4) is 0 Å². The summed E-state index contributed by atoms with van der Waals surface area (Å²) in [5.41, 5.74) is 0.922. The van der Waals surface area contributed by atoms with E-state index in [1.54, 1.807) is 4.68 Å². The topological polar surface area (TPSA) is 101 Å². The Morgan fingerprint density at radius 2 is 2.42 bits per heavy atom. The molecule has 0 aliphatic carbocycles. The minimum Gasteiger partial charge on any atom is -0.344 e. The second-order valence-electron chi connectivity index (χ2n) is 4.05. The summed E-state index contributed by atoms with van der Waals surface area (Å²) in [7, 11) is 1.87. The molecule has 0 aromatic carbocycles. The van der Waals surface area contributed by atoms with Gasteiger partial charge in [0.05, 0.1) is 17.1 Å². The first-order valence-corrected chi connectivity index (χ1v) is 6.40. The molecular formula is C10H11N7OS. The van der Waals surface area contributed by atoms with Crippen LogP contribution in [0.25, 0.3) is 10.2 Å². The largest absolute Gasteiger partial charge is 0.344 e. The lowest BCUT2D eigenvalue weighted by molar-refractivity contribution is 0.0954. The van der Waals surface area contributed by atoms with Gasteiger partial charge in [0, 0.05) is 12.4 Å². The molecule has 0 spiro atoms. The van der Waals surface area contributed by atoms with Crippen molar-refractivity contribution in [1.29, 1.82) is 0 Å². The van der Waals surface area contributed by atoms with Crippen LogP contribution in [0.15, 0.2) is 6.07 Å². The van der Waals surface area contributed by atoms with Crippen molar-refractivity contribution in [3.63, 3.8) is 0 Å². The highest BCUT2D eigenvalue weighted by Gasteiger charge is 2.15. The summed E-state index contributed by atoms with van der Waals surface area (Å²) in [5, 5.41) is 21.4. The van der Waals surface area contributed by atoms with Gasteiger partial charge in [-0.05, 0) is 13.0 Å². The molecule has 3 aromatic heterocycles. The van der Waals surface area contributed by atoms with Gasteiger partial charge in [-0.1, -0.05) is 5.21 Å². The molecule has 1 amide bonds. The SMILES string of the molecule is Cc1nn(C)c2sc(C(=O)NCc3nn[nH]n3)cc12. The van der Waals surface area contributed by atoms with Crippen molar-refractivity contribution in [2.24, 2.45) is 7.05 Å². The number of rotatable bonds is 3. The van der Waals surface area contributed by atoms with Gasteiger partial charge in [-0.15, -0.1) is 21.5 Å². The van der Waals surface area contributed by atoms with Gasteiger partial charge >= 0.3 is 0 Å². The third kappa shape index (κ3) is 2.08. The lowest BCUT2D eigenvalue weighted by Gasteiger charge is -1.98. The molecule has 0 aliphatic rings. The van der Waals surface area contributed by atoms with Crippen molar-refractivity contribution < 1.29 is 4.79 Å². The first kappa shape index (κ1) is 11.8. The summed E-state index contributed by atoms with van der Waals surface area (Å²) in [6.07, 6.45) is 0. The van der Waals surface area contributed by atoms with Gasteiger partial charge in [-0.2, -0.15) is 10.3 Å². The third-order valence-corrected chi connectivity index (χ3v) is 3.92. The molecule has 3 rings (SSSR count). The normalized spacial score (nSPS) is 11.1. The molecule has 0 bridgehead atoms. The minimum atomic E-state index is -0.148. The number of nitrogens with zero attached hydrogens (tertiary/aromatic N) is 5. The quantitative estimate of drug-likeness (QED) is 0.721. The van der Waals surface area contributed by atoms with Crippen LogP contribution in [0.4, 0.5) is 0 Å². The Balaban J connectivity index is 1.79. The number of aromatic amines is 1. The van der Waals surface area contributed by atoms with Crippen LogP contribution in [0.5, 0.6) is 0 Å². The molecule has 19 heavy (non-hydrogen) atoms. The molecule has 2 N–H and O–H groups in total. The lowest BCUT2D eigenvalue weighted by atomic mass is 10.3. The van der Waals surface area contributed by atoms with E-state index in [0.717, 1.165) is 15.9 Å². The Hall–Kier alpha value is -2.29. The Bertz CT molecular complexity index is 692. The van der Waals surface area contributed by atoms with E-state index in [1.807, 2.05) is 20.0 Å². The first-order valence-electron chi connectivity index (χ1n) is 5.59. The van der Waals surface area contributed by atoms with Crippen molar-refractivity contribution in [2.45, 2.75) is 13.5 Å². The van der Waals surface area contributed by atoms with E-state index in [0.29, 0.717) is 10.7 Å². The van der Waals surface area contributed by atoms with E-state index < -0.39 is 0 Å². The molecule has 0 unspecified atom stereocenters. The van der Waals surface area contributed by atoms with Gasteiger partial charge in [0.1, 0.15) is 4.83 Å². The number of H-pyrrole nitrogens is 1. The van der Waals surface area contributed by atoms with Crippen LogP contribution in [-0.4, -0.2) is 36.3 Å². The average Bonchev–Trinajstić information content (AvgIpc) is 3.08. The second kappa shape index (κ2) is 4.43. The van der Waals surface area contributed by atoms with Crippen LogP contribution < -0.4 is 5.32 Å². The zero-order chi connectivity index (χ0) is 13.4. The summed E-state index contributed by atoms with van der Waals surface area (Å²) in [6, 6.07) is 1.86. The van der Waals surface area contributed by atoms with E-state index >= 15 is 0 Å². The fraction of sp³-hybridized carbons (Fsp3) is 0.300. The summed E-state index contributed by atoms with van der Waals surface area (Å²) in [5.74, 6) is 0.303. The van der Waals surface area contributed by atoms with Crippen molar-refractivity contribution in [2.75, 3.05) is 0 Å². The van der Waals surface area contributed by atoms with Gasteiger partial charge < -0.3 is 5.32 Å². The van der Waals surface area contributed by atoms with Crippen LogP contribution in [0.2, 0.25) is 0 Å². The number of hydrogen-bond acceptors (Lipinski definition) is 6. The Morgan fingerprint density at radius 1 is 1.58 bits per heavy atom. The number of carbonyl (C=O) groups excluding carboxylic acids is 1. The van der Waals surface area contributed by atoms with Gasteiger partial charge in [0.2, 0.25) is 0 Å². The maximum atomic E-state index is 12.0. The lowest BCUT2D eigenvalue weighted by Crippen LogP contribution is -2.22. The molecule has 0 saturated heterocycles. The summed E-state index contributed by atoms with van der Waals surface area (Å²) in [4.78, 5) is 13.6. The molecule has 9 heteroatoms. The predicted molar refractivity (Wildman–Crippen MR) is 68.7 cm³/mol. The fourth-order valence-electron chi connectivity index (χ4n) is 1.82. The number of carbonyl (C=O) groups is 1. The molecular weight excluding hydrogens is 266 g/mol. The summed E-state index contributed by atoms with van der Waals surface area (Å²) < 4.78 is 1.78. The smallest absolute Gasteiger partial charge is 0.261 e. The highest BCUT2D eigenvalue weighted by Crippen LogP contribution is 2.27. The molecule has 0 atom stereocenters. The maximum Gasteiger partial charge on any atom is 0.261 e. The number of nitrogens with one attached hydrogen (secondary N) is 2. The van der Waals surface area contributed by atoms with Gasteiger partial charge in [0.25, 0.3) is 5.91 Å². The van der Waals surface area contributed by atoms with E-state index in [9.17, 15) is 4.79 Å². The third-order valence-electron chi connectivity index (χ3n) is 2.72. The minimum absolute atomic E-state index is 0.148. The van der Waals surface area contributed by atoms with Crippen LogP contribution in [0, 0.1) is 6.92 Å². The first-order chi connectivity index (χ1) is 9.15. The van der Waals surface area contributed by atoms with Gasteiger partial charge in [0.15, 0.2) is 5.82 Å². The fourth-order valence-corrected chi connectivity index (χ4v) is 2.86. The van der Waals surface area contributed by atoms with E-state index in [2.05, 4.69) is 31.0 Å². The van der Waals surface area contributed by atoms with Crippen molar-refractivity contribution in [3.8, 4) is 0 Å². The second-order valence-corrected chi connectivity index (χ2v) is 5.08. The van der Waals surface area contributed by atoms with Crippen molar-refractivity contribution in [1.82, 2.24) is 35.7 Å². The average molecular weight is 277 g/mol. The molecule has 98 valence electrons. The van der Waals surface area contributed by atoms with Crippen LogP contribution >= 0.6 is 11.3 Å². The Labute approximate surface area is 111 Å². The monoisotopic (exact) mass is 277 g/mol. The van der Waals surface area contributed by atoms with E-state index in [1.165, 1.54) is 11.3 Å². The summed E-state index contributed by atoms with van der Waals surface area (Å²) >= 11 is 1.41. The summed E-state index contributed by atoms with van der Waals surface area (Å²) in [6.45, 7) is 2.18. The molecule has 0 saturated carbocycles. The zero-order valence-corrected chi connectivity index (χ0v) is 11.2. The molecule has 3 aromatic rings. The number of fused-ring (bicyclic) bond motifs is 1. The highest BCUT2D eigenvalue weighted by molar-refractivity contribution is 7.20. The van der Waals surface area contributed by atoms with E-state index in [4.69, 9.17) is 0 Å². The highest BCUT2D eigenvalue weighted by atomic mass is 32.1. The van der Waals surface area contributed by atoms with Gasteiger partial charge in [-0.25, -0.2) is 0 Å². The number of amides is 1. The van der Waals surface area contributed by atoms with E-state index in [-0.39, 0.29) is 12.5 Å².